The zero-order chi connectivity index (χ0) is 17.9. The molecule has 1 aromatic carbocycles. The molecule has 1 heterocycles. The molecule has 26 heavy (non-hydrogen) atoms. The summed E-state index contributed by atoms with van der Waals surface area (Å²) in [5.74, 6) is 1.30. The third-order valence-electron chi connectivity index (χ3n) is 4.50. The highest BCUT2D eigenvalue weighted by Gasteiger charge is 2.27. The van der Waals surface area contributed by atoms with E-state index in [4.69, 9.17) is 14.5 Å². The Bertz CT molecular complexity index is 522. The second-order valence-corrected chi connectivity index (χ2v) is 6.60. The van der Waals surface area contributed by atoms with E-state index in [1.807, 2.05) is 0 Å². The quantitative estimate of drug-likeness (QED) is 0.261. The van der Waals surface area contributed by atoms with Crippen LogP contribution in [-0.4, -0.2) is 45.9 Å². The second-order valence-electron chi connectivity index (χ2n) is 6.60. The van der Waals surface area contributed by atoms with Crippen molar-refractivity contribution in [2.75, 3.05) is 40.0 Å². The summed E-state index contributed by atoms with van der Waals surface area (Å²) in [6.07, 6.45) is 3.39. The summed E-state index contributed by atoms with van der Waals surface area (Å²) in [5, 5.41) is 6.69. The largest absolute Gasteiger partial charge is 0.385 e. The van der Waals surface area contributed by atoms with Crippen molar-refractivity contribution in [2.45, 2.75) is 39.2 Å². The SMILES string of the molecule is CCNC(=NCC1CCCOC1c1ccc(C)cc1)NCCCOC.I. The number of nitrogens with zero attached hydrogens (tertiary/aromatic N) is 1. The number of ether oxygens (including phenoxy) is 2. The van der Waals surface area contributed by atoms with Gasteiger partial charge in [-0.25, -0.2) is 0 Å². The van der Waals surface area contributed by atoms with Crippen molar-refractivity contribution in [3.05, 3.63) is 35.4 Å². The normalized spacial score (nSPS) is 20.3. The van der Waals surface area contributed by atoms with Crippen LogP contribution in [0.2, 0.25) is 0 Å². The van der Waals surface area contributed by atoms with Crippen LogP contribution in [0.5, 0.6) is 0 Å². The van der Waals surface area contributed by atoms with Gasteiger partial charge in [-0.1, -0.05) is 29.8 Å². The highest BCUT2D eigenvalue weighted by molar-refractivity contribution is 14.0. The molecular formula is C20H34IN3O2. The zero-order valence-electron chi connectivity index (χ0n) is 16.3. The van der Waals surface area contributed by atoms with Crippen LogP contribution >= 0.6 is 24.0 Å². The van der Waals surface area contributed by atoms with Crippen molar-refractivity contribution in [1.82, 2.24) is 10.6 Å². The van der Waals surface area contributed by atoms with E-state index in [1.54, 1.807) is 7.11 Å². The lowest BCUT2D eigenvalue weighted by molar-refractivity contribution is -0.0250. The first-order chi connectivity index (χ1) is 12.2. The molecule has 2 unspecified atom stereocenters. The summed E-state index contributed by atoms with van der Waals surface area (Å²) in [7, 11) is 1.73. The minimum Gasteiger partial charge on any atom is -0.385 e. The van der Waals surface area contributed by atoms with E-state index in [1.165, 1.54) is 11.1 Å². The lowest BCUT2D eigenvalue weighted by Crippen LogP contribution is -2.38. The number of guanidine groups is 1. The van der Waals surface area contributed by atoms with E-state index in [0.717, 1.165) is 58.1 Å². The van der Waals surface area contributed by atoms with Crippen molar-refractivity contribution >= 4 is 29.9 Å². The number of nitrogens with one attached hydrogen (secondary N) is 2. The van der Waals surface area contributed by atoms with Crippen molar-refractivity contribution in [2.24, 2.45) is 10.9 Å². The van der Waals surface area contributed by atoms with Crippen LogP contribution in [0.1, 0.15) is 43.4 Å². The van der Waals surface area contributed by atoms with Gasteiger partial charge in [0.15, 0.2) is 5.96 Å². The van der Waals surface area contributed by atoms with E-state index in [-0.39, 0.29) is 30.1 Å². The van der Waals surface area contributed by atoms with Crippen LogP contribution in [0.4, 0.5) is 0 Å². The fourth-order valence-corrected chi connectivity index (χ4v) is 3.13. The first-order valence-electron chi connectivity index (χ1n) is 9.44. The number of aliphatic imine (C=N–C) groups is 1. The standard InChI is InChI=1S/C20H33N3O2.HI/c1-4-21-20(22-12-6-13-24-3)23-15-18-7-5-14-25-19(18)17-10-8-16(2)9-11-17;/h8-11,18-19H,4-7,12-15H2,1-3H3,(H2,21,22,23);1H. The van der Waals surface area contributed by atoms with Gasteiger partial charge in [0, 0.05) is 45.9 Å². The number of benzene rings is 1. The summed E-state index contributed by atoms with van der Waals surface area (Å²) in [4.78, 5) is 4.80. The number of rotatable bonds is 8. The van der Waals surface area contributed by atoms with Crippen LogP contribution in [0, 0.1) is 12.8 Å². The molecule has 5 nitrogen and oxygen atoms in total. The molecule has 0 bridgehead atoms. The molecular weight excluding hydrogens is 441 g/mol. The highest BCUT2D eigenvalue weighted by atomic mass is 127. The Morgan fingerprint density at radius 3 is 2.73 bits per heavy atom. The summed E-state index contributed by atoms with van der Waals surface area (Å²) in [5.41, 5.74) is 2.55. The second kappa shape index (κ2) is 13.3. The molecule has 0 radical (unpaired) electrons. The Kier molecular flexibility index (Phi) is 11.9. The van der Waals surface area contributed by atoms with Gasteiger partial charge in [0.25, 0.3) is 0 Å². The highest BCUT2D eigenvalue weighted by Crippen LogP contribution is 2.33. The predicted octanol–water partition coefficient (Wildman–Crippen LogP) is 3.67. The van der Waals surface area contributed by atoms with Gasteiger partial charge >= 0.3 is 0 Å². The lowest BCUT2D eigenvalue weighted by atomic mass is 9.89. The Balaban J connectivity index is 0.00000338. The summed E-state index contributed by atoms with van der Waals surface area (Å²) < 4.78 is 11.2. The molecule has 0 spiro atoms. The fraction of sp³-hybridized carbons (Fsp3) is 0.650. The van der Waals surface area contributed by atoms with E-state index in [9.17, 15) is 0 Å². The van der Waals surface area contributed by atoms with Gasteiger partial charge in [-0.2, -0.15) is 0 Å². The van der Waals surface area contributed by atoms with Crippen molar-refractivity contribution in [3.63, 3.8) is 0 Å². The molecule has 1 fully saturated rings. The van der Waals surface area contributed by atoms with E-state index in [0.29, 0.717) is 5.92 Å². The molecule has 2 N–H and O–H groups in total. The van der Waals surface area contributed by atoms with Gasteiger partial charge in [-0.3, -0.25) is 4.99 Å². The summed E-state index contributed by atoms with van der Waals surface area (Å²) in [6, 6.07) is 8.70. The van der Waals surface area contributed by atoms with Gasteiger partial charge in [0.05, 0.1) is 6.10 Å². The lowest BCUT2D eigenvalue weighted by Gasteiger charge is -2.31. The molecule has 1 aliphatic rings. The van der Waals surface area contributed by atoms with Gasteiger partial charge in [-0.05, 0) is 38.7 Å². The molecule has 6 heteroatoms. The van der Waals surface area contributed by atoms with Crippen molar-refractivity contribution in [1.29, 1.82) is 0 Å². The van der Waals surface area contributed by atoms with Gasteiger partial charge in [0.2, 0.25) is 0 Å². The van der Waals surface area contributed by atoms with Crippen LogP contribution in [0.15, 0.2) is 29.3 Å². The maximum atomic E-state index is 6.10. The van der Waals surface area contributed by atoms with Crippen LogP contribution in [-0.2, 0) is 9.47 Å². The number of halogens is 1. The minimum atomic E-state index is 0. The molecule has 1 aromatic rings. The average Bonchev–Trinajstić information content (AvgIpc) is 2.64. The maximum Gasteiger partial charge on any atom is 0.191 e. The Labute approximate surface area is 175 Å². The van der Waals surface area contributed by atoms with Crippen LogP contribution < -0.4 is 10.6 Å². The topological polar surface area (TPSA) is 54.9 Å². The van der Waals surface area contributed by atoms with E-state index in [2.05, 4.69) is 48.7 Å². The van der Waals surface area contributed by atoms with Gasteiger partial charge in [0.1, 0.15) is 0 Å². The van der Waals surface area contributed by atoms with Crippen LogP contribution in [0.25, 0.3) is 0 Å². The third kappa shape index (κ3) is 7.80. The predicted molar refractivity (Wildman–Crippen MR) is 118 cm³/mol. The van der Waals surface area contributed by atoms with Gasteiger partial charge in [-0.15, -0.1) is 24.0 Å². The number of hydrogen-bond donors (Lipinski definition) is 2. The fourth-order valence-electron chi connectivity index (χ4n) is 3.13. The summed E-state index contributed by atoms with van der Waals surface area (Å²) in [6.45, 7) is 8.31. The monoisotopic (exact) mass is 475 g/mol. The molecule has 148 valence electrons. The molecule has 0 amide bonds. The van der Waals surface area contributed by atoms with Crippen LogP contribution in [0.3, 0.4) is 0 Å². The molecule has 1 saturated heterocycles. The first kappa shape index (κ1) is 23.2. The van der Waals surface area contributed by atoms with Crippen molar-refractivity contribution in [3.8, 4) is 0 Å². The van der Waals surface area contributed by atoms with Crippen molar-refractivity contribution < 1.29 is 9.47 Å². The Morgan fingerprint density at radius 1 is 1.27 bits per heavy atom. The van der Waals surface area contributed by atoms with E-state index >= 15 is 0 Å². The van der Waals surface area contributed by atoms with E-state index < -0.39 is 0 Å². The molecule has 0 aliphatic carbocycles. The number of aryl methyl sites for hydroxylation is 1. The molecule has 0 aromatic heterocycles. The minimum absolute atomic E-state index is 0. The zero-order valence-corrected chi connectivity index (χ0v) is 18.6. The molecule has 1 aliphatic heterocycles. The molecule has 2 rings (SSSR count). The molecule has 0 saturated carbocycles. The Morgan fingerprint density at radius 2 is 2.04 bits per heavy atom. The smallest absolute Gasteiger partial charge is 0.191 e. The van der Waals surface area contributed by atoms with Gasteiger partial charge < -0.3 is 20.1 Å². The third-order valence-corrected chi connectivity index (χ3v) is 4.50. The average molecular weight is 475 g/mol. The number of hydrogen-bond acceptors (Lipinski definition) is 3. The molecule has 2 atom stereocenters. The number of methoxy groups -OCH3 is 1. The Hall–Kier alpha value is -0.860. The maximum absolute atomic E-state index is 6.10. The first-order valence-corrected chi connectivity index (χ1v) is 9.44. The summed E-state index contributed by atoms with van der Waals surface area (Å²) >= 11 is 0.